The van der Waals surface area contributed by atoms with Gasteiger partial charge in [-0.3, -0.25) is 4.79 Å². The SMILES string of the molecule is CCCC(NCCN(C)C1CC1)C(=O)O. The molecule has 0 aromatic heterocycles. The molecule has 1 fully saturated rings. The molecule has 15 heavy (non-hydrogen) atoms. The highest BCUT2D eigenvalue weighted by Gasteiger charge is 2.25. The predicted molar refractivity (Wildman–Crippen MR) is 60.0 cm³/mol. The van der Waals surface area contributed by atoms with Crippen LogP contribution in [0.3, 0.4) is 0 Å². The first-order valence-corrected chi connectivity index (χ1v) is 5.81. The van der Waals surface area contributed by atoms with Gasteiger partial charge in [0, 0.05) is 19.1 Å². The second kappa shape index (κ2) is 6.08. The van der Waals surface area contributed by atoms with Gasteiger partial charge in [-0.2, -0.15) is 0 Å². The summed E-state index contributed by atoms with van der Waals surface area (Å²) < 4.78 is 0. The molecule has 0 spiro atoms. The summed E-state index contributed by atoms with van der Waals surface area (Å²) in [4.78, 5) is 13.1. The molecule has 1 aliphatic carbocycles. The van der Waals surface area contributed by atoms with Gasteiger partial charge in [-0.15, -0.1) is 0 Å². The summed E-state index contributed by atoms with van der Waals surface area (Å²) in [5.41, 5.74) is 0. The second-order valence-electron chi connectivity index (χ2n) is 4.35. The van der Waals surface area contributed by atoms with Crippen molar-refractivity contribution in [2.75, 3.05) is 20.1 Å². The number of carboxylic acids is 1. The molecule has 4 nitrogen and oxygen atoms in total. The predicted octanol–water partition coefficient (Wildman–Crippen LogP) is 0.923. The van der Waals surface area contributed by atoms with E-state index in [0.29, 0.717) is 6.42 Å². The van der Waals surface area contributed by atoms with Gasteiger partial charge in [0.05, 0.1) is 0 Å². The van der Waals surface area contributed by atoms with Gasteiger partial charge in [-0.1, -0.05) is 13.3 Å². The van der Waals surface area contributed by atoms with Gasteiger partial charge in [-0.05, 0) is 26.3 Å². The zero-order valence-electron chi connectivity index (χ0n) is 9.70. The number of hydrogen-bond donors (Lipinski definition) is 2. The van der Waals surface area contributed by atoms with E-state index >= 15 is 0 Å². The summed E-state index contributed by atoms with van der Waals surface area (Å²) in [7, 11) is 2.11. The third-order valence-corrected chi connectivity index (χ3v) is 2.90. The van der Waals surface area contributed by atoms with Crippen molar-refractivity contribution in [3.05, 3.63) is 0 Å². The van der Waals surface area contributed by atoms with Crippen LogP contribution < -0.4 is 5.32 Å². The zero-order chi connectivity index (χ0) is 11.3. The fourth-order valence-electron chi connectivity index (χ4n) is 1.71. The van der Waals surface area contributed by atoms with Crippen molar-refractivity contribution in [3.63, 3.8) is 0 Å². The van der Waals surface area contributed by atoms with Crippen molar-refractivity contribution >= 4 is 5.97 Å². The fourth-order valence-corrected chi connectivity index (χ4v) is 1.71. The molecule has 1 saturated carbocycles. The largest absolute Gasteiger partial charge is 0.480 e. The average Bonchev–Trinajstić information content (AvgIpc) is 2.99. The molecule has 0 radical (unpaired) electrons. The molecule has 0 amide bonds. The molecule has 0 aromatic rings. The monoisotopic (exact) mass is 214 g/mol. The maximum Gasteiger partial charge on any atom is 0.320 e. The zero-order valence-corrected chi connectivity index (χ0v) is 9.70. The number of aliphatic carboxylic acids is 1. The molecule has 0 saturated heterocycles. The molecule has 0 bridgehead atoms. The van der Waals surface area contributed by atoms with Gasteiger partial charge in [0.25, 0.3) is 0 Å². The molecule has 1 rings (SSSR count). The Morgan fingerprint density at radius 2 is 2.27 bits per heavy atom. The van der Waals surface area contributed by atoms with Gasteiger partial charge in [-0.25, -0.2) is 0 Å². The van der Waals surface area contributed by atoms with Gasteiger partial charge >= 0.3 is 5.97 Å². The molecule has 0 aromatic carbocycles. The summed E-state index contributed by atoms with van der Waals surface area (Å²) >= 11 is 0. The number of nitrogens with zero attached hydrogens (tertiary/aromatic N) is 1. The lowest BCUT2D eigenvalue weighted by atomic mass is 10.2. The lowest BCUT2D eigenvalue weighted by Gasteiger charge is -2.18. The summed E-state index contributed by atoms with van der Waals surface area (Å²) in [5, 5.41) is 12.0. The van der Waals surface area contributed by atoms with Gasteiger partial charge < -0.3 is 15.3 Å². The van der Waals surface area contributed by atoms with Crippen molar-refractivity contribution in [3.8, 4) is 0 Å². The summed E-state index contributed by atoms with van der Waals surface area (Å²) in [5.74, 6) is -0.731. The molecular weight excluding hydrogens is 192 g/mol. The molecule has 4 heteroatoms. The molecule has 1 unspecified atom stereocenters. The quantitative estimate of drug-likeness (QED) is 0.631. The highest BCUT2D eigenvalue weighted by Crippen LogP contribution is 2.24. The number of nitrogens with one attached hydrogen (secondary N) is 1. The molecular formula is C11H22N2O2. The minimum Gasteiger partial charge on any atom is -0.480 e. The summed E-state index contributed by atoms with van der Waals surface area (Å²) in [6.07, 6.45) is 4.21. The van der Waals surface area contributed by atoms with Crippen LogP contribution in [-0.2, 0) is 4.79 Å². The van der Waals surface area contributed by atoms with E-state index < -0.39 is 5.97 Å². The van der Waals surface area contributed by atoms with Crippen LogP contribution in [0.5, 0.6) is 0 Å². The third kappa shape index (κ3) is 4.62. The van der Waals surface area contributed by atoms with E-state index in [1.165, 1.54) is 12.8 Å². The van der Waals surface area contributed by atoms with Crippen LogP contribution in [0.15, 0.2) is 0 Å². The standard InChI is InChI=1S/C11H22N2O2/c1-3-4-10(11(14)15)12-7-8-13(2)9-5-6-9/h9-10,12H,3-8H2,1-2H3,(H,14,15). The number of carbonyl (C=O) groups is 1. The summed E-state index contributed by atoms with van der Waals surface area (Å²) in [6.45, 7) is 3.72. The van der Waals surface area contributed by atoms with E-state index in [9.17, 15) is 4.79 Å². The van der Waals surface area contributed by atoms with E-state index in [2.05, 4.69) is 17.3 Å². The Bertz CT molecular complexity index is 205. The Labute approximate surface area is 91.6 Å². The Kier molecular flexibility index (Phi) is 5.05. The van der Waals surface area contributed by atoms with Crippen molar-refractivity contribution in [2.24, 2.45) is 0 Å². The first-order chi connectivity index (χ1) is 7.15. The van der Waals surface area contributed by atoms with Crippen LogP contribution in [0.4, 0.5) is 0 Å². The van der Waals surface area contributed by atoms with Crippen molar-refractivity contribution in [1.82, 2.24) is 10.2 Å². The number of likely N-dealkylation sites (N-methyl/N-ethyl adjacent to an activating group) is 1. The maximum absolute atomic E-state index is 10.8. The normalized spacial score (nSPS) is 18.1. The summed E-state index contributed by atoms with van der Waals surface area (Å²) in [6, 6.07) is 0.379. The molecule has 88 valence electrons. The highest BCUT2D eigenvalue weighted by atomic mass is 16.4. The molecule has 1 atom stereocenters. The minimum absolute atomic E-state index is 0.373. The van der Waals surface area contributed by atoms with E-state index in [4.69, 9.17) is 5.11 Å². The van der Waals surface area contributed by atoms with Crippen LogP contribution in [0, 0.1) is 0 Å². The molecule has 2 N–H and O–H groups in total. The molecule has 0 heterocycles. The van der Waals surface area contributed by atoms with Crippen LogP contribution in [0.1, 0.15) is 32.6 Å². The van der Waals surface area contributed by atoms with E-state index in [-0.39, 0.29) is 6.04 Å². The topological polar surface area (TPSA) is 52.6 Å². The second-order valence-corrected chi connectivity index (χ2v) is 4.35. The van der Waals surface area contributed by atoms with Crippen molar-refractivity contribution in [2.45, 2.75) is 44.7 Å². The smallest absolute Gasteiger partial charge is 0.320 e. The maximum atomic E-state index is 10.8. The Hall–Kier alpha value is -0.610. The number of hydrogen-bond acceptors (Lipinski definition) is 3. The molecule has 0 aliphatic heterocycles. The van der Waals surface area contributed by atoms with Crippen LogP contribution in [-0.4, -0.2) is 48.2 Å². The number of rotatable bonds is 8. The van der Waals surface area contributed by atoms with Gasteiger partial charge in [0.2, 0.25) is 0 Å². The Balaban J connectivity index is 2.12. The minimum atomic E-state index is -0.731. The van der Waals surface area contributed by atoms with Crippen molar-refractivity contribution < 1.29 is 9.90 Å². The highest BCUT2D eigenvalue weighted by molar-refractivity contribution is 5.73. The molecule has 1 aliphatic rings. The Morgan fingerprint density at radius 3 is 2.73 bits per heavy atom. The van der Waals surface area contributed by atoms with Crippen LogP contribution >= 0.6 is 0 Å². The first kappa shape index (κ1) is 12.5. The van der Waals surface area contributed by atoms with E-state index in [1.54, 1.807) is 0 Å². The lowest BCUT2D eigenvalue weighted by molar-refractivity contribution is -0.139. The van der Waals surface area contributed by atoms with Crippen LogP contribution in [0.25, 0.3) is 0 Å². The van der Waals surface area contributed by atoms with Gasteiger partial charge in [0.1, 0.15) is 6.04 Å². The average molecular weight is 214 g/mol. The lowest BCUT2D eigenvalue weighted by Crippen LogP contribution is -2.41. The van der Waals surface area contributed by atoms with Gasteiger partial charge in [0.15, 0.2) is 0 Å². The third-order valence-electron chi connectivity index (χ3n) is 2.90. The number of carboxylic acid groups (broad SMARTS) is 1. The van der Waals surface area contributed by atoms with E-state index in [1.807, 2.05) is 6.92 Å². The fraction of sp³-hybridized carbons (Fsp3) is 0.909. The van der Waals surface area contributed by atoms with Crippen molar-refractivity contribution in [1.29, 1.82) is 0 Å². The Morgan fingerprint density at radius 1 is 1.60 bits per heavy atom. The first-order valence-electron chi connectivity index (χ1n) is 5.81. The van der Waals surface area contributed by atoms with E-state index in [0.717, 1.165) is 25.6 Å². The van der Waals surface area contributed by atoms with Crippen LogP contribution in [0.2, 0.25) is 0 Å².